The molecule has 0 aliphatic carbocycles. The number of methoxy groups -OCH3 is 1. The van der Waals surface area contributed by atoms with Crippen molar-refractivity contribution < 1.29 is 14.3 Å². The topological polar surface area (TPSA) is 61.5 Å². The van der Waals surface area contributed by atoms with Crippen molar-refractivity contribution in [2.24, 2.45) is 5.73 Å². The first kappa shape index (κ1) is 13.1. The molecule has 0 amide bonds. The van der Waals surface area contributed by atoms with Crippen LogP contribution in [0.25, 0.3) is 6.08 Å². The largest absolute Gasteiger partial charge is 0.493 e. The van der Waals surface area contributed by atoms with Gasteiger partial charge in [0.1, 0.15) is 0 Å². The second kappa shape index (κ2) is 5.94. The summed E-state index contributed by atoms with van der Waals surface area (Å²) in [4.78, 5) is 10.4. The molecule has 0 radical (unpaired) electrons. The van der Waals surface area contributed by atoms with Crippen LogP contribution in [0.3, 0.4) is 0 Å². The highest BCUT2D eigenvalue weighted by atomic mass is 16.5. The number of aldehydes is 1. The Bertz CT molecular complexity index is 425. The summed E-state index contributed by atoms with van der Waals surface area (Å²) in [5.41, 5.74) is 6.40. The number of allylic oxidation sites excluding steroid dienone is 1. The van der Waals surface area contributed by atoms with Crippen molar-refractivity contribution in [2.75, 3.05) is 7.11 Å². The van der Waals surface area contributed by atoms with Gasteiger partial charge in [-0.15, -0.1) is 0 Å². The molecule has 1 rings (SSSR count). The third-order valence-electron chi connectivity index (χ3n) is 2.02. The number of rotatable bonds is 5. The van der Waals surface area contributed by atoms with Crippen molar-refractivity contribution in [1.29, 1.82) is 0 Å². The molecule has 92 valence electrons. The summed E-state index contributed by atoms with van der Waals surface area (Å²) in [6, 6.07) is 5.38. The number of nitrogens with two attached hydrogens (primary N) is 1. The summed E-state index contributed by atoms with van der Waals surface area (Å²) in [5, 5.41) is 0. The molecule has 1 aromatic carbocycles. The zero-order chi connectivity index (χ0) is 12.8. The molecule has 4 nitrogen and oxygen atoms in total. The van der Waals surface area contributed by atoms with Gasteiger partial charge in [-0.05, 0) is 37.6 Å². The van der Waals surface area contributed by atoms with Gasteiger partial charge in [0.05, 0.1) is 18.9 Å². The molecule has 0 heterocycles. The fourth-order valence-electron chi connectivity index (χ4n) is 1.35. The van der Waals surface area contributed by atoms with Crippen molar-refractivity contribution in [3.63, 3.8) is 0 Å². The van der Waals surface area contributed by atoms with E-state index in [0.717, 1.165) is 5.56 Å². The van der Waals surface area contributed by atoms with E-state index in [1.165, 1.54) is 0 Å². The predicted octanol–water partition coefficient (Wildman–Crippen LogP) is 1.98. The van der Waals surface area contributed by atoms with Gasteiger partial charge < -0.3 is 15.2 Å². The van der Waals surface area contributed by atoms with Gasteiger partial charge in [-0.3, -0.25) is 4.79 Å². The smallest absolute Gasteiger partial charge is 0.165 e. The summed E-state index contributed by atoms with van der Waals surface area (Å²) in [6.07, 6.45) is 2.25. The molecule has 0 saturated carbocycles. The zero-order valence-corrected chi connectivity index (χ0v) is 10.3. The Hall–Kier alpha value is -1.97. The van der Waals surface area contributed by atoms with E-state index in [4.69, 9.17) is 15.2 Å². The standard InChI is InChI=1S/C13H17NO3/c1-9(2)17-12-5-4-10(6-11(14)8-15)7-13(12)16-3/h4-9H,14H2,1-3H3/b11-6+. The molecule has 0 bridgehead atoms. The molecule has 17 heavy (non-hydrogen) atoms. The summed E-state index contributed by atoms with van der Waals surface area (Å²) in [5.74, 6) is 1.29. The van der Waals surface area contributed by atoms with Gasteiger partial charge in [-0.2, -0.15) is 0 Å². The number of carbonyl (C=O) groups is 1. The van der Waals surface area contributed by atoms with Crippen molar-refractivity contribution in [1.82, 2.24) is 0 Å². The Morgan fingerprint density at radius 3 is 2.59 bits per heavy atom. The van der Waals surface area contributed by atoms with E-state index in [1.54, 1.807) is 25.3 Å². The van der Waals surface area contributed by atoms with Gasteiger partial charge in [-0.1, -0.05) is 6.07 Å². The maximum Gasteiger partial charge on any atom is 0.165 e. The van der Waals surface area contributed by atoms with E-state index in [1.807, 2.05) is 19.9 Å². The minimum absolute atomic E-state index is 0.0744. The van der Waals surface area contributed by atoms with Crippen molar-refractivity contribution in [2.45, 2.75) is 20.0 Å². The highest BCUT2D eigenvalue weighted by Gasteiger charge is 2.06. The van der Waals surface area contributed by atoms with E-state index >= 15 is 0 Å². The Morgan fingerprint density at radius 1 is 1.35 bits per heavy atom. The molecule has 4 heteroatoms. The third-order valence-corrected chi connectivity index (χ3v) is 2.02. The zero-order valence-electron chi connectivity index (χ0n) is 10.3. The van der Waals surface area contributed by atoms with E-state index < -0.39 is 0 Å². The highest BCUT2D eigenvalue weighted by Crippen LogP contribution is 2.29. The number of hydrogen-bond donors (Lipinski definition) is 1. The molecule has 0 aromatic heterocycles. The quantitative estimate of drug-likeness (QED) is 0.626. The lowest BCUT2D eigenvalue weighted by Crippen LogP contribution is -2.06. The Labute approximate surface area is 101 Å². The van der Waals surface area contributed by atoms with Crippen LogP contribution in [0, 0.1) is 0 Å². The van der Waals surface area contributed by atoms with Gasteiger partial charge in [0.25, 0.3) is 0 Å². The van der Waals surface area contributed by atoms with Gasteiger partial charge >= 0.3 is 0 Å². The van der Waals surface area contributed by atoms with Crippen LogP contribution in [0.4, 0.5) is 0 Å². The molecule has 0 aliphatic heterocycles. The van der Waals surface area contributed by atoms with Gasteiger partial charge in [-0.25, -0.2) is 0 Å². The van der Waals surface area contributed by atoms with Crippen molar-refractivity contribution >= 4 is 12.4 Å². The molecule has 1 aromatic rings. The van der Waals surface area contributed by atoms with Crippen molar-refractivity contribution in [3.05, 3.63) is 29.5 Å². The lowest BCUT2D eigenvalue weighted by molar-refractivity contribution is -0.104. The second-order valence-corrected chi connectivity index (χ2v) is 3.84. The minimum Gasteiger partial charge on any atom is -0.493 e. The third kappa shape index (κ3) is 3.83. The van der Waals surface area contributed by atoms with Crippen LogP contribution in [0.1, 0.15) is 19.4 Å². The summed E-state index contributed by atoms with van der Waals surface area (Å²) in [6.45, 7) is 3.88. The monoisotopic (exact) mass is 235 g/mol. The lowest BCUT2D eigenvalue weighted by Gasteiger charge is -2.13. The normalized spacial score (nSPS) is 11.4. The van der Waals surface area contributed by atoms with Crippen LogP contribution in [0.15, 0.2) is 23.9 Å². The van der Waals surface area contributed by atoms with Crippen LogP contribution in [-0.2, 0) is 4.79 Å². The first-order valence-corrected chi connectivity index (χ1v) is 5.34. The van der Waals surface area contributed by atoms with Crippen LogP contribution in [0.2, 0.25) is 0 Å². The second-order valence-electron chi connectivity index (χ2n) is 3.84. The molecule has 2 N–H and O–H groups in total. The Balaban J connectivity index is 3.04. The van der Waals surface area contributed by atoms with Crippen LogP contribution in [-0.4, -0.2) is 19.5 Å². The average molecular weight is 235 g/mol. The summed E-state index contributed by atoms with van der Waals surface area (Å²) < 4.78 is 10.8. The summed E-state index contributed by atoms with van der Waals surface area (Å²) in [7, 11) is 1.57. The first-order chi connectivity index (χ1) is 8.06. The summed E-state index contributed by atoms with van der Waals surface area (Å²) >= 11 is 0. The SMILES string of the molecule is COc1cc(/C=C(/N)C=O)ccc1OC(C)C. The van der Waals surface area contributed by atoms with Gasteiger partial charge in [0.2, 0.25) is 0 Å². The molecular formula is C13H17NO3. The highest BCUT2D eigenvalue weighted by molar-refractivity contribution is 5.80. The number of hydrogen-bond acceptors (Lipinski definition) is 4. The van der Waals surface area contributed by atoms with E-state index in [-0.39, 0.29) is 11.8 Å². The van der Waals surface area contributed by atoms with Crippen LogP contribution in [0.5, 0.6) is 11.5 Å². The predicted molar refractivity (Wildman–Crippen MR) is 67.0 cm³/mol. The van der Waals surface area contributed by atoms with Crippen molar-refractivity contribution in [3.8, 4) is 11.5 Å². The first-order valence-electron chi connectivity index (χ1n) is 5.34. The molecule has 0 unspecified atom stereocenters. The Morgan fingerprint density at radius 2 is 2.06 bits per heavy atom. The number of benzene rings is 1. The van der Waals surface area contributed by atoms with E-state index in [0.29, 0.717) is 17.8 Å². The fraction of sp³-hybridized carbons (Fsp3) is 0.308. The number of carbonyl (C=O) groups excluding carboxylic acids is 1. The van der Waals surface area contributed by atoms with E-state index in [9.17, 15) is 4.79 Å². The van der Waals surface area contributed by atoms with E-state index in [2.05, 4.69) is 0 Å². The molecule has 0 atom stereocenters. The molecule has 0 spiro atoms. The lowest BCUT2D eigenvalue weighted by atomic mass is 10.1. The molecule has 0 saturated heterocycles. The molecule has 0 aliphatic rings. The minimum atomic E-state index is 0.0744. The molecular weight excluding hydrogens is 218 g/mol. The molecule has 0 fully saturated rings. The maximum atomic E-state index is 10.4. The maximum absolute atomic E-state index is 10.4. The fourth-order valence-corrected chi connectivity index (χ4v) is 1.35. The van der Waals surface area contributed by atoms with Crippen LogP contribution < -0.4 is 15.2 Å². The van der Waals surface area contributed by atoms with Crippen LogP contribution >= 0.6 is 0 Å². The number of ether oxygens (including phenoxy) is 2. The Kier molecular flexibility index (Phi) is 4.57. The van der Waals surface area contributed by atoms with Gasteiger partial charge in [0.15, 0.2) is 17.8 Å². The van der Waals surface area contributed by atoms with Gasteiger partial charge in [0, 0.05) is 0 Å². The average Bonchev–Trinajstić information content (AvgIpc) is 2.30.